The van der Waals surface area contributed by atoms with Crippen molar-refractivity contribution >= 4 is 17.0 Å². The molecule has 0 fully saturated rings. The van der Waals surface area contributed by atoms with Gasteiger partial charge in [-0.2, -0.15) is 0 Å². The molecule has 0 bridgehead atoms. The molecule has 0 spiro atoms. The first-order valence-electron chi connectivity index (χ1n) is 5.20. The summed E-state index contributed by atoms with van der Waals surface area (Å²) in [4.78, 5) is 10.9. The fourth-order valence-electron chi connectivity index (χ4n) is 1.71. The molecule has 1 atom stereocenters. The van der Waals surface area contributed by atoms with Crippen LogP contribution in [0.3, 0.4) is 0 Å². The van der Waals surface area contributed by atoms with Crippen LogP contribution in [0.1, 0.15) is 23.3 Å². The van der Waals surface area contributed by atoms with E-state index in [1.54, 1.807) is 23.9 Å². The van der Waals surface area contributed by atoms with Crippen molar-refractivity contribution in [3.8, 4) is 0 Å². The molecule has 0 saturated carbocycles. The number of hydrogen-bond donors (Lipinski definition) is 1. The lowest BCUT2D eigenvalue weighted by Crippen LogP contribution is -2.12. The Bertz CT molecular complexity index is 550. The molecular formula is C11H13N3O3. The first kappa shape index (κ1) is 11.5. The Kier molecular flexibility index (Phi) is 3.06. The average Bonchev–Trinajstić information content (AvgIpc) is 2.71. The highest BCUT2D eigenvalue weighted by Crippen LogP contribution is 2.17. The number of carboxylic acid groups (broad SMARTS) is 1. The van der Waals surface area contributed by atoms with Crippen LogP contribution in [-0.4, -0.2) is 39.8 Å². The molecule has 6 heteroatoms. The number of rotatable bonds is 4. The van der Waals surface area contributed by atoms with Crippen LogP contribution in [-0.2, 0) is 4.74 Å². The minimum absolute atomic E-state index is 0.00837. The van der Waals surface area contributed by atoms with Gasteiger partial charge in [-0.25, -0.2) is 9.48 Å². The van der Waals surface area contributed by atoms with E-state index in [-0.39, 0.29) is 11.6 Å². The third-order valence-corrected chi connectivity index (χ3v) is 2.54. The first-order chi connectivity index (χ1) is 8.13. The summed E-state index contributed by atoms with van der Waals surface area (Å²) in [5.41, 5.74) is 1.61. The van der Waals surface area contributed by atoms with Gasteiger partial charge in [0.2, 0.25) is 0 Å². The third-order valence-electron chi connectivity index (χ3n) is 2.54. The van der Waals surface area contributed by atoms with Crippen molar-refractivity contribution < 1.29 is 14.6 Å². The number of nitrogens with zero attached hydrogens (tertiary/aromatic N) is 3. The molecule has 0 saturated heterocycles. The number of ether oxygens (including phenoxy) is 1. The number of benzene rings is 1. The van der Waals surface area contributed by atoms with Crippen LogP contribution in [0, 0.1) is 0 Å². The van der Waals surface area contributed by atoms with E-state index in [1.807, 2.05) is 6.92 Å². The number of methoxy groups -OCH3 is 1. The van der Waals surface area contributed by atoms with Gasteiger partial charge in [0.15, 0.2) is 0 Å². The highest BCUT2D eigenvalue weighted by Gasteiger charge is 2.13. The second kappa shape index (κ2) is 4.50. The predicted molar refractivity (Wildman–Crippen MR) is 61.1 cm³/mol. The number of aromatic carboxylic acids is 1. The van der Waals surface area contributed by atoms with E-state index < -0.39 is 5.97 Å². The van der Waals surface area contributed by atoms with Gasteiger partial charge in [-0.05, 0) is 25.1 Å². The van der Waals surface area contributed by atoms with Gasteiger partial charge < -0.3 is 9.84 Å². The van der Waals surface area contributed by atoms with Crippen LogP contribution in [0.15, 0.2) is 18.2 Å². The van der Waals surface area contributed by atoms with Crippen LogP contribution >= 0.6 is 0 Å². The maximum atomic E-state index is 10.9. The average molecular weight is 235 g/mol. The molecule has 17 heavy (non-hydrogen) atoms. The summed E-state index contributed by atoms with van der Waals surface area (Å²) >= 11 is 0. The molecule has 0 radical (unpaired) electrons. The molecule has 1 aromatic heterocycles. The summed E-state index contributed by atoms with van der Waals surface area (Å²) in [6, 6.07) is 4.75. The summed E-state index contributed by atoms with van der Waals surface area (Å²) in [6.07, 6.45) is 0. The Labute approximate surface area is 97.8 Å². The second-order valence-corrected chi connectivity index (χ2v) is 3.85. The SMILES string of the molecule is COCC(C)n1nnc2ccc(C(=O)O)cc21. The Hall–Kier alpha value is -1.95. The molecule has 1 aromatic carbocycles. The van der Waals surface area contributed by atoms with E-state index in [4.69, 9.17) is 9.84 Å². The quantitative estimate of drug-likeness (QED) is 0.865. The van der Waals surface area contributed by atoms with Gasteiger partial charge >= 0.3 is 5.97 Å². The van der Waals surface area contributed by atoms with Gasteiger partial charge in [0, 0.05) is 7.11 Å². The van der Waals surface area contributed by atoms with E-state index >= 15 is 0 Å². The molecule has 0 aliphatic heterocycles. The monoisotopic (exact) mass is 235 g/mol. The molecule has 0 aliphatic rings. The van der Waals surface area contributed by atoms with Gasteiger partial charge in [0.05, 0.1) is 23.7 Å². The maximum absolute atomic E-state index is 10.9. The molecule has 6 nitrogen and oxygen atoms in total. The number of carbonyl (C=O) groups is 1. The highest BCUT2D eigenvalue weighted by molar-refractivity contribution is 5.92. The smallest absolute Gasteiger partial charge is 0.335 e. The van der Waals surface area contributed by atoms with Crippen molar-refractivity contribution in [2.45, 2.75) is 13.0 Å². The Morgan fingerprint density at radius 3 is 3.00 bits per heavy atom. The third kappa shape index (κ3) is 2.12. The number of aromatic nitrogens is 3. The van der Waals surface area contributed by atoms with E-state index in [9.17, 15) is 4.79 Å². The van der Waals surface area contributed by atoms with Gasteiger partial charge in [0.1, 0.15) is 5.52 Å². The van der Waals surface area contributed by atoms with Crippen molar-refractivity contribution in [3.63, 3.8) is 0 Å². The molecule has 1 unspecified atom stereocenters. The van der Waals surface area contributed by atoms with Crippen molar-refractivity contribution in [3.05, 3.63) is 23.8 Å². The Morgan fingerprint density at radius 1 is 1.59 bits per heavy atom. The van der Waals surface area contributed by atoms with Crippen LogP contribution in [0.25, 0.3) is 11.0 Å². The topological polar surface area (TPSA) is 77.2 Å². The molecule has 1 heterocycles. The summed E-state index contributed by atoms with van der Waals surface area (Å²) in [5.74, 6) is -0.959. The van der Waals surface area contributed by atoms with Crippen LogP contribution in [0.5, 0.6) is 0 Å². The molecule has 90 valence electrons. The minimum Gasteiger partial charge on any atom is -0.478 e. The molecular weight excluding hydrogens is 222 g/mol. The zero-order valence-electron chi connectivity index (χ0n) is 9.62. The number of hydrogen-bond acceptors (Lipinski definition) is 4. The van der Waals surface area contributed by atoms with E-state index in [2.05, 4.69) is 10.3 Å². The molecule has 0 aliphatic carbocycles. The van der Waals surface area contributed by atoms with Crippen LogP contribution < -0.4 is 0 Å². The van der Waals surface area contributed by atoms with E-state index in [1.165, 1.54) is 6.07 Å². The fraction of sp³-hybridized carbons (Fsp3) is 0.364. The van der Waals surface area contributed by atoms with Gasteiger partial charge in [-0.15, -0.1) is 5.10 Å². The molecule has 2 aromatic rings. The second-order valence-electron chi connectivity index (χ2n) is 3.85. The number of carboxylic acids is 1. The first-order valence-corrected chi connectivity index (χ1v) is 5.20. The van der Waals surface area contributed by atoms with Gasteiger partial charge in [-0.1, -0.05) is 5.21 Å². The van der Waals surface area contributed by atoms with Crippen LogP contribution in [0.4, 0.5) is 0 Å². The predicted octanol–water partition coefficient (Wildman–Crippen LogP) is 1.34. The molecule has 2 rings (SSSR count). The van der Waals surface area contributed by atoms with Crippen molar-refractivity contribution in [1.29, 1.82) is 0 Å². The van der Waals surface area contributed by atoms with Crippen LogP contribution in [0.2, 0.25) is 0 Å². The lowest BCUT2D eigenvalue weighted by Gasteiger charge is -2.10. The lowest BCUT2D eigenvalue weighted by molar-refractivity contribution is 0.0697. The summed E-state index contributed by atoms with van der Waals surface area (Å²) < 4.78 is 6.72. The van der Waals surface area contributed by atoms with Gasteiger partial charge in [0.25, 0.3) is 0 Å². The molecule has 0 amide bonds. The Morgan fingerprint density at radius 2 is 2.35 bits per heavy atom. The summed E-state index contributed by atoms with van der Waals surface area (Å²) in [5, 5.41) is 16.9. The summed E-state index contributed by atoms with van der Waals surface area (Å²) in [6.45, 7) is 2.43. The summed E-state index contributed by atoms with van der Waals surface area (Å²) in [7, 11) is 1.61. The standard InChI is InChI=1S/C11H13N3O3/c1-7(6-17-2)14-10-5-8(11(15)16)3-4-9(10)12-13-14/h3-5,7H,6H2,1-2H3,(H,15,16). The van der Waals surface area contributed by atoms with Crippen molar-refractivity contribution in [1.82, 2.24) is 15.0 Å². The zero-order valence-corrected chi connectivity index (χ0v) is 9.62. The normalized spacial score (nSPS) is 12.8. The highest BCUT2D eigenvalue weighted by atomic mass is 16.5. The number of fused-ring (bicyclic) bond motifs is 1. The lowest BCUT2D eigenvalue weighted by atomic mass is 10.2. The minimum atomic E-state index is -0.959. The Balaban J connectivity index is 2.50. The van der Waals surface area contributed by atoms with Crippen molar-refractivity contribution in [2.75, 3.05) is 13.7 Å². The largest absolute Gasteiger partial charge is 0.478 e. The van der Waals surface area contributed by atoms with Crippen molar-refractivity contribution in [2.24, 2.45) is 0 Å². The van der Waals surface area contributed by atoms with E-state index in [0.29, 0.717) is 17.6 Å². The molecule has 1 N–H and O–H groups in total. The van der Waals surface area contributed by atoms with E-state index in [0.717, 1.165) is 0 Å². The maximum Gasteiger partial charge on any atom is 0.335 e. The zero-order chi connectivity index (χ0) is 12.4. The van der Waals surface area contributed by atoms with Gasteiger partial charge in [-0.3, -0.25) is 0 Å². The fourth-order valence-corrected chi connectivity index (χ4v) is 1.71.